The summed E-state index contributed by atoms with van der Waals surface area (Å²) in [5.74, 6) is -2.23. The first-order valence-electron chi connectivity index (χ1n) is 7.28. The average molecular weight is 379 g/mol. The first-order chi connectivity index (χ1) is 11.8. The van der Waals surface area contributed by atoms with Gasteiger partial charge in [-0.3, -0.25) is 4.79 Å². The Morgan fingerprint density at radius 3 is 2.56 bits per heavy atom. The summed E-state index contributed by atoms with van der Waals surface area (Å²) in [6.45, 7) is 0. The molecule has 0 fully saturated rings. The zero-order valence-corrected chi connectivity index (χ0v) is 14.5. The van der Waals surface area contributed by atoms with Gasteiger partial charge in [-0.1, -0.05) is 18.2 Å². The highest BCUT2D eigenvalue weighted by Gasteiger charge is 2.26. The van der Waals surface area contributed by atoms with Crippen molar-refractivity contribution in [3.05, 3.63) is 70.9 Å². The second-order valence-corrected chi connectivity index (χ2v) is 8.19. The molecule has 0 radical (unpaired) electrons. The minimum Gasteiger partial charge on any atom is -0.480 e. The quantitative estimate of drug-likeness (QED) is 0.688. The lowest BCUT2D eigenvalue weighted by Gasteiger charge is -2.15. The third kappa shape index (κ3) is 4.22. The Kier molecular flexibility index (Phi) is 4.85. The van der Waals surface area contributed by atoms with E-state index in [1.807, 2.05) is 17.5 Å². The number of benzene rings is 2. The molecule has 0 aliphatic carbocycles. The fourth-order valence-corrected chi connectivity index (χ4v) is 4.53. The smallest absolute Gasteiger partial charge is 0.326 e. The summed E-state index contributed by atoms with van der Waals surface area (Å²) < 4.78 is 41.0. The third-order valence-corrected chi connectivity index (χ3v) is 5.83. The molecule has 0 amide bonds. The van der Waals surface area contributed by atoms with Crippen LogP contribution < -0.4 is 4.72 Å². The summed E-state index contributed by atoms with van der Waals surface area (Å²) >= 11 is 1.55. The molecule has 3 rings (SSSR count). The van der Waals surface area contributed by atoms with Gasteiger partial charge in [-0.2, -0.15) is 4.72 Å². The number of rotatable bonds is 6. The van der Waals surface area contributed by atoms with Gasteiger partial charge in [0.05, 0.1) is 5.75 Å². The number of carboxylic acid groups (broad SMARTS) is 1. The van der Waals surface area contributed by atoms with Crippen molar-refractivity contribution in [3.63, 3.8) is 0 Å². The summed E-state index contributed by atoms with van der Waals surface area (Å²) in [7, 11) is -3.91. The van der Waals surface area contributed by atoms with Crippen LogP contribution in [0.3, 0.4) is 0 Å². The zero-order valence-electron chi connectivity index (χ0n) is 12.8. The Hall–Kier alpha value is -2.29. The number of halogens is 1. The SMILES string of the molecule is O=C(O)[C@H](NS(=O)(=O)Cc1ccc2sccc2c1)c1ccc(F)cc1. The van der Waals surface area contributed by atoms with Gasteiger partial charge in [-0.05, 0) is 52.2 Å². The molecule has 0 aliphatic rings. The van der Waals surface area contributed by atoms with Crippen LogP contribution in [0.15, 0.2) is 53.9 Å². The molecule has 0 saturated heterocycles. The number of fused-ring (bicyclic) bond motifs is 1. The first-order valence-corrected chi connectivity index (χ1v) is 9.82. The van der Waals surface area contributed by atoms with Gasteiger partial charge in [-0.15, -0.1) is 11.3 Å². The van der Waals surface area contributed by atoms with Crippen molar-refractivity contribution < 1.29 is 22.7 Å². The predicted octanol–water partition coefficient (Wildman–Crippen LogP) is 3.29. The van der Waals surface area contributed by atoms with Crippen molar-refractivity contribution in [1.82, 2.24) is 4.72 Å². The number of aliphatic carboxylic acids is 1. The average Bonchev–Trinajstić information content (AvgIpc) is 3.00. The molecule has 3 aromatic rings. The molecule has 2 aromatic carbocycles. The van der Waals surface area contributed by atoms with E-state index in [-0.39, 0.29) is 11.3 Å². The van der Waals surface area contributed by atoms with Gasteiger partial charge in [0.25, 0.3) is 0 Å². The molecule has 0 spiro atoms. The molecule has 130 valence electrons. The number of thiophene rings is 1. The monoisotopic (exact) mass is 379 g/mol. The highest BCUT2D eigenvalue weighted by molar-refractivity contribution is 7.88. The molecule has 1 heterocycles. The molecule has 8 heteroatoms. The highest BCUT2D eigenvalue weighted by atomic mass is 32.2. The molecular weight excluding hydrogens is 365 g/mol. The van der Waals surface area contributed by atoms with Gasteiger partial charge < -0.3 is 5.11 Å². The summed E-state index contributed by atoms with van der Waals surface area (Å²) in [5, 5.41) is 12.2. The lowest BCUT2D eigenvalue weighted by atomic mass is 10.1. The number of hydrogen-bond acceptors (Lipinski definition) is 4. The Morgan fingerprint density at radius 1 is 1.16 bits per heavy atom. The molecule has 1 aromatic heterocycles. The molecule has 1 atom stereocenters. The number of carboxylic acids is 1. The minimum atomic E-state index is -3.91. The van der Waals surface area contributed by atoms with E-state index in [2.05, 4.69) is 4.72 Å². The summed E-state index contributed by atoms with van der Waals surface area (Å²) in [6, 6.07) is 10.4. The molecule has 0 bridgehead atoms. The van der Waals surface area contributed by atoms with E-state index in [0.29, 0.717) is 5.56 Å². The van der Waals surface area contributed by atoms with Crippen molar-refractivity contribution in [2.45, 2.75) is 11.8 Å². The van der Waals surface area contributed by atoms with Gasteiger partial charge in [-0.25, -0.2) is 12.8 Å². The Labute approximate surface area is 147 Å². The summed E-state index contributed by atoms with van der Waals surface area (Å²) in [5.41, 5.74) is 0.715. The van der Waals surface area contributed by atoms with Crippen molar-refractivity contribution in [2.24, 2.45) is 0 Å². The van der Waals surface area contributed by atoms with Gasteiger partial charge in [0.15, 0.2) is 0 Å². The van der Waals surface area contributed by atoms with E-state index >= 15 is 0 Å². The summed E-state index contributed by atoms with van der Waals surface area (Å²) in [6.07, 6.45) is 0. The van der Waals surface area contributed by atoms with Gasteiger partial charge in [0, 0.05) is 4.70 Å². The molecule has 25 heavy (non-hydrogen) atoms. The van der Waals surface area contributed by atoms with E-state index in [9.17, 15) is 22.7 Å². The largest absolute Gasteiger partial charge is 0.480 e. The van der Waals surface area contributed by atoms with Crippen LogP contribution in [-0.4, -0.2) is 19.5 Å². The van der Waals surface area contributed by atoms with Gasteiger partial charge in [0.2, 0.25) is 10.0 Å². The van der Waals surface area contributed by atoms with Crippen molar-refractivity contribution in [3.8, 4) is 0 Å². The van der Waals surface area contributed by atoms with Gasteiger partial charge in [0.1, 0.15) is 11.9 Å². The Balaban J connectivity index is 1.82. The summed E-state index contributed by atoms with van der Waals surface area (Å²) in [4.78, 5) is 11.4. The van der Waals surface area contributed by atoms with Crippen LogP contribution in [0.1, 0.15) is 17.2 Å². The maximum absolute atomic E-state index is 13.0. The van der Waals surface area contributed by atoms with Gasteiger partial charge >= 0.3 is 5.97 Å². The second-order valence-electron chi connectivity index (χ2n) is 5.49. The maximum atomic E-state index is 13.0. The molecule has 5 nitrogen and oxygen atoms in total. The minimum absolute atomic E-state index is 0.158. The molecule has 0 aliphatic heterocycles. The fourth-order valence-electron chi connectivity index (χ4n) is 2.46. The van der Waals surface area contributed by atoms with Crippen LogP contribution in [0.4, 0.5) is 4.39 Å². The number of carbonyl (C=O) groups is 1. The Bertz CT molecular complexity index is 1010. The topological polar surface area (TPSA) is 83.5 Å². The van der Waals surface area contributed by atoms with E-state index in [4.69, 9.17) is 0 Å². The normalized spacial score (nSPS) is 13.0. The van der Waals surface area contributed by atoms with Crippen LogP contribution in [0.5, 0.6) is 0 Å². The molecule has 0 unspecified atom stereocenters. The lowest BCUT2D eigenvalue weighted by Crippen LogP contribution is -2.34. The van der Waals surface area contributed by atoms with Crippen molar-refractivity contribution >= 4 is 37.4 Å². The number of hydrogen-bond donors (Lipinski definition) is 2. The third-order valence-electron chi connectivity index (χ3n) is 3.62. The van der Waals surface area contributed by atoms with E-state index < -0.39 is 27.9 Å². The molecular formula is C17H14FNO4S2. The first kappa shape index (κ1) is 17.5. The van der Waals surface area contributed by atoms with Crippen molar-refractivity contribution in [2.75, 3.05) is 0 Å². The zero-order chi connectivity index (χ0) is 18.0. The molecule has 0 saturated carbocycles. The molecule has 2 N–H and O–H groups in total. The Morgan fingerprint density at radius 2 is 1.88 bits per heavy atom. The fraction of sp³-hybridized carbons (Fsp3) is 0.118. The predicted molar refractivity (Wildman–Crippen MR) is 94.4 cm³/mol. The maximum Gasteiger partial charge on any atom is 0.326 e. The van der Waals surface area contributed by atoms with Crippen LogP contribution in [0.25, 0.3) is 10.1 Å². The van der Waals surface area contributed by atoms with Crippen LogP contribution in [0, 0.1) is 5.82 Å². The van der Waals surface area contributed by atoms with E-state index in [1.54, 1.807) is 23.5 Å². The van der Waals surface area contributed by atoms with Crippen LogP contribution >= 0.6 is 11.3 Å². The highest BCUT2D eigenvalue weighted by Crippen LogP contribution is 2.23. The number of sulfonamides is 1. The van der Waals surface area contributed by atoms with Crippen LogP contribution in [-0.2, 0) is 20.6 Å². The van der Waals surface area contributed by atoms with E-state index in [1.165, 1.54) is 12.1 Å². The second kappa shape index (κ2) is 6.91. The standard InChI is InChI=1S/C17H14FNO4S2/c18-14-4-2-12(3-5-14)16(17(20)21)19-25(22,23)10-11-1-6-15-13(9-11)7-8-24-15/h1-9,16,19H,10H2,(H,20,21)/t16-/m1/s1. The lowest BCUT2D eigenvalue weighted by molar-refractivity contribution is -0.139. The number of nitrogens with one attached hydrogen (secondary N) is 1. The van der Waals surface area contributed by atoms with Crippen molar-refractivity contribution in [1.29, 1.82) is 0 Å². The van der Waals surface area contributed by atoms with Crippen LogP contribution in [0.2, 0.25) is 0 Å². The van der Waals surface area contributed by atoms with E-state index in [0.717, 1.165) is 22.2 Å².